The molecule has 2 aromatic carbocycles. The minimum Gasteiger partial charge on any atom is -0.507 e. The number of benzene rings is 2. The van der Waals surface area contributed by atoms with Gasteiger partial charge in [-0.25, -0.2) is 0 Å². The van der Waals surface area contributed by atoms with E-state index in [1.807, 2.05) is 64.0 Å². The van der Waals surface area contributed by atoms with Crippen molar-refractivity contribution in [3.63, 3.8) is 0 Å². The maximum atomic E-state index is 13.1. The summed E-state index contributed by atoms with van der Waals surface area (Å²) in [4.78, 5) is 29.6. The van der Waals surface area contributed by atoms with Gasteiger partial charge in [0.15, 0.2) is 0 Å². The number of rotatable bonds is 8. The molecule has 0 spiro atoms. The number of hydrogen-bond acceptors (Lipinski definition) is 6. The molecule has 1 aliphatic heterocycles. The Morgan fingerprint density at radius 2 is 1.73 bits per heavy atom. The molecular weight excluding hydrogens is 420 g/mol. The number of aliphatic hydroxyl groups is 1. The number of aliphatic hydroxyl groups excluding tert-OH is 1. The number of aryl methyl sites for hydroxylation is 1. The molecule has 0 aliphatic carbocycles. The first kappa shape index (κ1) is 24.3. The monoisotopic (exact) mass is 452 g/mol. The molecule has 0 bridgehead atoms. The minimum absolute atomic E-state index is 0.0274. The van der Waals surface area contributed by atoms with Crippen molar-refractivity contribution in [2.24, 2.45) is 0 Å². The number of likely N-dealkylation sites (N-methyl/N-ethyl adjacent to an activating group) is 1. The van der Waals surface area contributed by atoms with Gasteiger partial charge in [-0.15, -0.1) is 0 Å². The summed E-state index contributed by atoms with van der Waals surface area (Å²) in [5.74, 6) is -0.141. The average molecular weight is 453 g/mol. The van der Waals surface area contributed by atoms with Crippen LogP contribution >= 0.6 is 0 Å². The lowest BCUT2D eigenvalue weighted by atomic mass is 9.94. The molecule has 1 atom stereocenters. The van der Waals surface area contributed by atoms with Crippen LogP contribution in [0.1, 0.15) is 36.6 Å². The number of methoxy groups -OCH3 is 1. The van der Waals surface area contributed by atoms with Crippen molar-refractivity contribution in [1.29, 1.82) is 0 Å². The molecule has 0 saturated carbocycles. The number of nitrogens with zero attached hydrogens (tertiary/aromatic N) is 2. The number of likely N-dealkylation sites (tertiary alicyclic amines) is 1. The molecule has 3 rings (SSSR count). The van der Waals surface area contributed by atoms with Crippen molar-refractivity contribution >= 4 is 17.4 Å². The molecule has 7 nitrogen and oxygen atoms in total. The summed E-state index contributed by atoms with van der Waals surface area (Å²) in [6.45, 7) is 6.65. The van der Waals surface area contributed by atoms with Crippen molar-refractivity contribution in [3.8, 4) is 11.5 Å². The third kappa shape index (κ3) is 5.20. The topological polar surface area (TPSA) is 79.3 Å². The van der Waals surface area contributed by atoms with E-state index in [9.17, 15) is 14.7 Å². The van der Waals surface area contributed by atoms with E-state index in [2.05, 4.69) is 0 Å². The predicted molar refractivity (Wildman–Crippen MR) is 128 cm³/mol. The zero-order valence-electron chi connectivity index (χ0n) is 20.1. The van der Waals surface area contributed by atoms with E-state index in [0.717, 1.165) is 11.1 Å². The van der Waals surface area contributed by atoms with Gasteiger partial charge >= 0.3 is 0 Å². The van der Waals surface area contributed by atoms with Gasteiger partial charge in [0.1, 0.15) is 17.3 Å². The number of Topliss-reactive ketones (excluding diaryl/α,β-unsaturated/α-hetero) is 1. The summed E-state index contributed by atoms with van der Waals surface area (Å²) in [5.41, 5.74) is 2.05. The highest BCUT2D eigenvalue weighted by molar-refractivity contribution is 6.46. The Labute approximate surface area is 195 Å². The second kappa shape index (κ2) is 10.1. The van der Waals surface area contributed by atoms with Crippen LogP contribution in [-0.2, 0) is 9.59 Å². The lowest BCUT2D eigenvalue weighted by Gasteiger charge is -2.27. The van der Waals surface area contributed by atoms with Crippen molar-refractivity contribution in [2.75, 3.05) is 34.3 Å². The molecule has 1 amide bonds. The molecule has 0 aromatic heterocycles. The van der Waals surface area contributed by atoms with Crippen molar-refractivity contribution < 1.29 is 24.2 Å². The third-order valence-electron chi connectivity index (χ3n) is 5.58. The van der Waals surface area contributed by atoms with E-state index in [0.29, 0.717) is 30.2 Å². The van der Waals surface area contributed by atoms with Crippen LogP contribution in [0.3, 0.4) is 0 Å². The normalized spacial score (nSPS) is 17.8. The van der Waals surface area contributed by atoms with E-state index in [1.54, 1.807) is 25.3 Å². The van der Waals surface area contributed by atoms with Crippen LogP contribution < -0.4 is 9.47 Å². The number of amides is 1. The van der Waals surface area contributed by atoms with E-state index in [-0.39, 0.29) is 17.4 Å². The van der Waals surface area contributed by atoms with E-state index in [4.69, 9.17) is 9.47 Å². The molecule has 176 valence electrons. The first-order valence-corrected chi connectivity index (χ1v) is 11.0. The van der Waals surface area contributed by atoms with Gasteiger partial charge in [0.2, 0.25) is 0 Å². The standard InChI is InChI=1S/C26H32N2O5/c1-16(2)33-19-9-7-18(8-10-19)23-22(25(30)26(31)28(23)14-13-27(4)5)24(29)21-12-11-20(32-6)15-17(21)3/h7-12,15-16,23,29H,13-14H2,1-6H3/b24-22-. The number of carbonyl (C=O) groups is 2. The second-order valence-corrected chi connectivity index (χ2v) is 8.71. The molecule has 7 heteroatoms. The largest absolute Gasteiger partial charge is 0.507 e. The fraction of sp³-hybridized carbons (Fsp3) is 0.385. The molecule has 2 aromatic rings. The summed E-state index contributed by atoms with van der Waals surface area (Å²) in [5, 5.41) is 11.3. The summed E-state index contributed by atoms with van der Waals surface area (Å²) in [6.07, 6.45) is 0.0274. The summed E-state index contributed by atoms with van der Waals surface area (Å²) in [6, 6.07) is 11.8. The Kier molecular flexibility index (Phi) is 7.43. The minimum atomic E-state index is -0.695. The molecular formula is C26H32N2O5. The van der Waals surface area contributed by atoms with Gasteiger partial charge in [-0.2, -0.15) is 0 Å². The zero-order valence-corrected chi connectivity index (χ0v) is 20.1. The molecule has 1 heterocycles. The summed E-state index contributed by atoms with van der Waals surface area (Å²) >= 11 is 0. The van der Waals surface area contributed by atoms with Crippen molar-refractivity contribution in [2.45, 2.75) is 32.9 Å². The number of hydrogen-bond donors (Lipinski definition) is 1. The van der Waals surface area contributed by atoms with Crippen LogP contribution in [-0.4, -0.2) is 67.0 Å². The Hall–Kier alpha value is -3.32. The van der Waals surface area contributed by atoms with Crippen LogP contribution in [0, 0.1) is 6.92 Å². The molecule has 1 N–H and O–H groups in total. The van der Waals surface area contributed by atoms with E-state index in [1.165, 1.54) is 4.90 Å². The van der Waals surface area contributed by atoms with Crippen LogP contribution in [0.5, 0.6) is 11.5 Å². The van der Waals surface area contributed by atoms with Crippen molar-refractivity contribution in [3.05, 3.63) is 64.7 Å². The lowest BCUT2D eigenvalue weighted by Crippen LogP contribution is -2.35. The Morgan fingerprint density at radius 1 is 1.09 bits per heavy atom. The number of carbonyl (C=O) groups excluding carboxylic acids is 2. The highest BCUT2D eigenvalue weighted by Gasteiger charge is 2.46. The highest BCUT2D eigenvalue weighted by Crippen LogP contribution is 2.40. The first-order chi connectivity index (χ1) is 15.6. The van der Waals surface area contributed by atoms with E-state index < -0.39 is 17.7 Å². The maximum absolute atomic E-state index is 13.1. The number of ketones is 1. The molecule has 33 heavy (non-hydrogen) atoms. The number of ether oxygens (including phenoxy) is 2. The van der Waals surface area contributed by atoms with Crippen molar-refractivity contribution in [1.82, 2.24) is 9.80 Å². The highest BCUT2D eigenvalue weighted by atomic mass is 16.5. The van der Waals surface area contributed by atoms with E-state index >= 15 is 0 Å². The maximum Gasteiger partial charge on any atom is 0.295 e. The van der Waals surface area contributed by atoms with Gasteiger partial charge in [-0.1, -0.05) is 12.1 Å². The molecule has 1 unspecified atom stereocenters. The summed E-state index contributed by atoms with van der Waals surface area (Å²) < 4.78 is 11.0. The second-order valence-electron chi connectivity index (χ2n) is 8.71. The van der Waals surface area contributed by atoms with Crippen LogP contribution in [0.4, 0.5) is 0 Å². The molecule has 0 radical (unpaired) electrons. The van der Waals surface area contributed by atoms with Gasteiger partial charge in [-0.3, -0.25) is 9.59 Å². The lowest BCUT2D eigenvalue weighted by molar-refractivity contribution is -0.140. The summed E-state index contributed by atoms with van der Waals surface area (Å²) in [7, 11) is 5.38. The Balaban J connectivity index is 2.12. The smallest absolute Gasteiger partial charge is 0.295 e. The molecule has 1 fully saturated rings. The van der Waals surface area contributed by atoms with Gasteiger partial charge < -0.3 is 24.4 Å². The first-order valence-electron chi connectivity index (χ1n) is 11.0. The van der Waals surface area contributed by atoms with Crippen LogP contribution in [0.15, 0.2) is 48.0 Å². The Bertz CT molecular complexity index is 1060. The zero-order chi connectivity index (χ0) is 24.3. The fourth-order valence-corrected chi connectivity index (χ4v) is 3.94. The van der Waals surface area contributed by atoms with Crippen LogP contribution in [0.25, 0.3) is 5.76 Å². The van der Waals surface area contributed by atoms with Crippen LogP contribution in [0.2, 0.25) is 0 Å². The van der Waals surface area contributed by atoms with Gasteiger partial charge in [0, 0.05) is 18.7 Å². The fourth-order valence-electron chi connectivity index (χ4n) is 3.94. The molecule has 1 aliphatic rings. The predicted octanol–water partition coefficient (Wildman–Crippen LogP) is 3.77. The Morgan fingerprint density at radius 3 is 2.27 bits per heavy atom. The quantitative estimate of drug-likeness (QED) is 0.373. The molecule has 1 saturated heterocycles. The SMILES string of the molecule is COc1ccc(/C(O)=C2/C(=O)C(=O)N(CCN(C)C)C2c2ccc(OC(C)C)cc2)c(C)c1. The third-order valence-corrected chi connectivity index (χ3v) is 5.58. The average Bonchev–Trinajstić information content (AvgIpc) is 3.02. The van der Waals surface area contributed by atoms with Gasteiger partial charge in [-0.05, 0) is 76.3 Å². The van der Waals surface area contributed by atoms with Gasteiger partial charge in [0.05, 0.1) is 24.8 Å². The van der Waals surface area contributed by atoms with Gasteiger partial charge in [0.25, 0.3) is 11.7 Å².